The van der Waals surface area contributed by atoms with E-state index in [1.54, 1.807) is 11.3 Å². The van der Waals surface area contributed by atoms with Gasteiger partial charge in [0.1, 0.15) is 5.52 Å². The lowest BCUT2D eigenvalue weighted by molar-refractivity contribution is 0.620. The normalized spacial score (nSPS) is 11.8. The van der Waals surface area contributed by atoms with Gasteiger partial charge in [-0.25, -0.2) is 4.98 Å². The minimum atomic E-state index is 0.638. The van der Waals surface area contributed by atoms with Gasteiger partial charge in [-0.05, 0) is 89.0 Å². The average molecular weight is 619 g/mol. The fourth-order valence-corrected chi connectivity index (χ4v) is 8.09. The Balaban J connectivity index is 1.05. The molecule has 0 aliphatic rings. The van der Waals surface area contributed by atoms with E-state index in [9.17, 15) is 0 Å². The molecule has 10 rings (SSSR count). The molecule has 0 fully saturated rings. The van der Waals surface area contributed by atoms with Crippen molar-refractivity contribution in [2.24, 2.45) is 0 Å². The summed E-state index contributed by atoms with van der Waals surface area (Å²) in [7, 11) is 0. The Kier molecular flexibility index (Phi) is 5.74. The fraction of sp³-hybridized carbons (Fsp3) is 0. The van der Waals surface area contributed by atoms with E-state index in [2.05, 4.69) is 162 Å². The van der Waals surface area contributed by atoms with E-state index >= 15 is 0 Å². The van der Waals surface area contributed by atoms with Crippen molar-refractivity contribution in [2.75, 3.05) is 0 Å². The van der Waals surface area contributed by atoms with Crippen LogP contribution in [0.15, 0.2) is 162 Å². The number of hydrogen-bond donors (Lipinski definition) is 0. The first-order valence-electron chi connectivity index (χ1n) is 15.8. The number of aromatic nitrogens is 2. The second-order valence-corrected chi connectivity index (χ2v) is 13.1. The number of rotatable bonds is 4. The Morgan fingerprint density at radius 2 is 1.09 bits per heavy atom. The SMILES string of the molecule is c1ccc(-c2ccc3sc4ccc5oc(-c6ccc(-c7ccc8c(c7)c7ccccc7n8-c7ccccc7)cc6)nc5c4c3c2)cc1. The molecule has 3 aromatic heterocycles. The lowest BCUT2D eigenvalue weighted by atomic mass is 10.0. The van der Waals surface area contributed by atoms with Gasteiger partial charge in [0.15, 0.2) is 5.58 Å². The zero-order valence-electron chi connectivity index (χ0n) is 25.2. The number of fused-ring (bicyclic) bond motifs is 8. The molecule has 0 amide bonds. The molecule has 0 spiro atoms. The highest BCUT2D eigenvalue weighted by Gasteiger charge is 2.17. The maximum atomic E-state index is 6.38. The van der Waals surface area contributed by atoms with E-state index in [4.69, 9.17) is 9.40 Å². The van der Waals surface area contributed by atoms with Gasteiger partial charge in [-0.15, -0.1) is 11.3 Å². The maximum absolute atomic E-state index is 6.38. The van der Waals surface area contributed by atoms with Crippen molar-refractivity contribution < 1.29 is 4.42 Å². The van der Waals surface area contributed by atoms with Crippen molar-refractivity contribution in [2.45, 2.75) is 0 Å². The largest absolute Gasteiger partial charge is 0.436 e. The lowest BCUT2D eigenvalue weighted by Crippen LogP contribution is -1.92. The zero-order valence-corrected chi connectivity index (χ0v) is 26.0. The molecule has 3 heterocycles. The van der Waals surface area contributed by atoms with E-state index in [-0.39, 0.29) is 0 Å². The number of benzene rings is 7. The van der Waals surface area contributed by atoms with Crippen LogP contribution in [0.1, 0.15) is 0 Å². The van der Waals surface area contributed by atoms with Crippen LogP contribution in [0, 0.1) is 0 Å². The molecule has 0 atom stereocenters. The zero-order chi connectivity index (χ0) is 30.9. The average Bonchev–Trinajstić information content (AvgIpc) is 3.83. The second-order valence-electron chi connectivity index (χ2n) is 12.0. The first-order valence-corrected chi connectivity index (χ1v) is 16.6. The van der Waals surface area contributed by atoms with E-state index in [1.807, 2.05) is 0 Å². The topological polar surface area (TPSA) is 31.0 Å². The monoisotopic (exact) mass is 618 g/mol. The van der Waals surface area contributed by atoms with Crippen molar-refractivity contribution >= 4 is 64.4 Å². The molecule has 0 unspecified atom stereocenters. The Morgan fingerprint density at radius 1 is 0.468 bits per heavy atom. The molecule has 7 aromatic carbocycles. The van der Waals surface area contributed by atoms with Crippen LogP contribution in [0.5, 0.6) is 0 Å². The first-order chi connectivity index (χ1) is 23.3. The molecule has 3 nitrogen and oxygen atoms in total. The number of hydrogen-bond acceptors (Lipinski definition) is 3. The van der Waals surface area contributed by atoms with Gasteiger partial charge in [0.05, 0.1) is 11.0 Å². The van der Waals surface area contributed by atoms with Crippen LogP contribution in [0.4, 0.5) is 0 Å². The minimum Gasteiger partial charge on any atom is -0.436 e. The maximum Gasteiger partial charge on any atom is 0.227 e. The van der Waals surface area contributed by atoms with Crippen LogP contribution in [-0.4, -0.2) is 9.55 Å². The molecule has 0 N–H and O–H groups in total. The van der Waals surface area contributed by atoms with Gasteiger partial charge in [0.25, 0.3) is 0 Å². The molecule has 0 aliphatic carbocycles. The summed E-state index contributed by atoms with van der Waals surface area (Å²) in [5.41, 5.74) is 11.0. The summed E-state index contributed by atoms with van der Waals surface area (Å²) >= 11 is 1.80. The van der Waals surface area contributed by atoms with E-state index in [0.717, 1.165) is 27.6 Å². The Bertz CT molecular complexity index is 2770. The van der Waals surface area contributed by atoms with Crippen LogP contribution in [0.25, 0.3) is 92.5 Å². The molecule has 220 valence electrons. The molecule has 4 heteroatoms. The summed E-state index contributed by atoms with van der Waals surface area (Å²) in [5, 5.41) is 4.87. The summed E-state index contributed by atoms with van der Waals surface area (Å²) in [6.07, 6.45) is 0. The molecule has 0 bridgehead atoms. The van der Waals surface area contributed by atoms with Crippen LogP contribution in [-0.2, 0) is 0 Å². The predicted octanol–water partition coefficient (Wildman–Crippen LogP) is 12.3. The van der Waals surface area contributed by atoms with Crippen molar-refractivity contribution in [3.05, 3.63) is 158 Å². The third-order valence-corrected chi connectivity index (χ3v) is 10.4. The molecule has 10 aromatic rings. The van der Waals surface area contributed by atoms with Gasteiger partial charge in [0, 0.05) is 42.2 Å². The molecule has 0 saturated carbocycles. The minimum absolute atomic E-state index is 0.638. The predicted molar refractivity (Wildman–Crippen MR) is 198 cm³/mol. The molecule has 0 saturated heterocycles. The summed E-state index contributed by atoms with van der Waals surface area (Å²) < 4.78 is 11.2. The molecular weight excluding hydrogens is 593 g/mol. The third-order valence-electron chi connectivity index (χ3n) is 9.25. The summed E-state index contributed by atoms with van der Waals surface area (Å²) in [6, 6.07) is 56.1. The van der Waals surface area contributed by atoms with E-state index in [1.165, 1.54) is 59.0 Å². The van der Waals surface area contributed by atoms with Crippen LogP contribution < -0.4 is 0 Å². The van der Waals surface area contributed by atoms with Crippen LogP contribution >= 0.6 is 11.3 Å². The summed E-state index contributed by atoms with van der Waals surface area (Å²) in [5.74, 6) is 0.638. The lowest BCUT2D eigenvalue weighted by Gasteiger charge is -2.08. The number of oxazole rings is 1. The number of thiophene rings is 1. The second kappa shape index (κ2) is 10.3. The number of nitrogens with zero attached hydrogens (tertiary/aromatic N) is 2. The molecule has 47 heavy (non-hydrogen) atoms. The Labute approximate surface area is 274 Å². The van der Waals surface area contributed by atoms with Crippen LogP contribution in [0.3, 0.4) is 0 Å². The van der Waals surface area contributed by atoms with Gasteiger partial charge < -0.3 is 8.98 Å². The van der Waals surface area contributed by atoms with E-state index in [0.29, 0.717) is 5.89 Å². The van der Waals surface area contributed by atoms with Gasteiger partial charge in [-0.1, -0.05) is 91.0 Å². The van der Waals surface area contributed by atoms with Crippen molar-refractivity contribution in [1.82, 2.24) is 9.55 Å². The quantitative estimate of drug-likeness (QED) is 0.196. The summed E-state index contributed by atoms with van der Waals surface area (Å²) in [6.45, 7) is 0. The highest BCUT2D eigenvalue weighted by atomic mass is 32.1. The fourth-order valence-electron chi connectivity index (χ4n) is 7.00. The Morgan fingerprint density at radius 3 is 1.91 bits per heavy atom. The first kappa shape index (κ1) is 26.3. The Hall–Kier alpha value is -5.97. The summed E-state index contributed by atoms with van der Waals surface area (Å²) in [4.78, 5) is 5.08. The molecule has 0 aliphatic heterocycles. The molecular formula is C43H26N2OS. The van der Waals surface area contributed by atoms with Crippen LogP contribution in [0.2, 0.25) is 0 Å². The third kappa shape index (κ3) is 4.16. The highest BCUT2D eigenvalue weighted by molar-refractivity contribution is 7.26. The van der Waals surface area contributed by atoms with Gasteiger partial charge in [-0.3, -0.25) is 0 Å². The van der Waals surface area contributed by atoms with Gasteiger partial charge >= 0.3 is 0 Å². The highest BCUT2D eigenvalue weighted by Crippen LogP contribution is 2.41. The smallest absolute Gasteiger partial charge is 0.227 e. The van der Waals surface area contributed by atoms with Crippen molar-refractivity contribution in [1.29, 1.82) is 0 Å². The van der Waals surface area contributed by atoms with Gasteiger partial charge in [0.2, 0.25) is 5.89 Å². The van der Waals surface area contributed by atoms with E-state index < -0.39 is 0 Å². The standard InChI is InChI=1S/C43H26N2OS/c1-3-9-27(10-4-1)31-20-23-39-35(26-31)41-40(47-39)24-22-38-42(41)44-43(46-38)29-17-15-28(16-18-29)30-19-21-37-34(25-30)33-13-7-8-14-36(33)45(37)32-11-5-2-6-12-32/h1-26H. The van der Waals surface area contributed by atoms with Crippen molar-refractivity contribution in [3.63, 3.8) is 0 Å². The van der Waals surface area contributed by atoms with Gasteiger partial charge in [-0.2, -0.15) is 0 Å². The number of para-hydroxylation sites is 2. The van der Waals surface area contributed by atoms with Crippen molar-refractivity contribution in [3.8, 4) is 39.4 Å². The molecule has 0 radical (unpaired) electrons.